The molecule has 0 fully saturated rings. The predicted molar refractivity (Wildman–Crippen MR) is 80.7 cm³/mol. The zero-order valence-corrected chi connectivity index (χ0v) is 12.9. The summed E-state index contributed by atoms with van der Waals surface area (Å²) in [5.41, 5.74) is 0. The zero-order valence-electron chi connectivity index (χ0n) is 12.2. The van der Waals surface area contributed by atoms with Gasteiger partial charge in [-0.15, -0.1) is 0 Å². The van der Waals surface area contributed by atoms with Gasteiger partial charge in [0.15, 0.2) is 0 Å². The van der Waals surface area contributed by atoms with Crippen molar-refractivity contribution in [2.24, 2.45) is 5.92 Å². The lowest BCUT2D eigenvalue weighted by atomic mass is 10.2. The maximum absolute atomic E-state index is 5.90. The first-order chi connectivity index (χ1) is 10.1. The summed E-state index contributed by atoms with van der Waals surface area (Å²) in [6, 6.07) is 0. The van der Waals surface area contributed by atoms with Crippen LogP contribution in [-0.4, -0.2) is 44.3 Å². The number of anilines is 1. The van der Waals surface area contributed by atoms with Gasteiger partial charge >= 0.3 is 0 Å². The second-order valence-corrected chi connectivity index (χ2v) is 5.29. The zero-order chi connectivity index (χ0) is 15.1. The van der Waals surface area contributed by atoms with Gasteiger partial charge in [-0.3, -0.25) is 4.57 Å². The van der Waals surface area contributed by atoms with Crippen molar-refractivity contribution >= 4 is 17.5 Å². The summed E-state index contributed by atoms with van der Waals surface area (Å²) < 4.78 is 7.18. The highest BCUT2D eigenvalue weighted by Crippen LogP contribution is 2.09. The van der Waals surface area contributed by atoms with Crippen LogP contribution in [0.5, 0.6) is 0 Å². The Hall–Kier alpha value is -1.73. The fraction of sp³-hybridized carbons (Fsp3) is 0.538. The summed E-state index contributed by atoms with van der Waals surface area (Å²) in [4.78, 5) is 16.3. The van der Waals surface area contributed by atoms with Crippen LogP contribution in [0.25, 0.3) is 5.95 Å². The molecular weight excluding hydrogens is 292 g/mol. The second-order valence-electron chi connectivity index (χ2n) is 4.95. The maximum atomic E-state index is 5.90. The Kier molecular flexibility index (Phi) is 5.89. The van der Waals surface area contributed by atoms with Gasteiger partial charge in [0.2, 0.25) is 17.2 Å². The van der Waals surface area contributed by atoms with E-state index in [1.54, 1.807) is 23.3 Å². The molecule has 0 radical (unpaired) electrons. The lowest BCUT2D eigenvalue weighted by Crippen LogP contribution is -2.12. The van der Waals surface area contributed by atoms with Crippen LogP contribution in [0.15, 0.2) is 18.7 Å². The largest absolute Gasteiger partial charge is 0.381 e. The minimum absolute atomic E-state index is 0.146. The molecule has 2 heterocycles. The van der Waals surface area contributed by atoms with Gasteiger partial charge in [-0.25, -0.2) is 4.98 Å². The number of imidazole rings is 1. The van der Waals surface area contributed by atoms with Gasteiger partial charge in [-0.1, -0.05) is 13.8 Å². The molecular formula is C13H19ClN6O. The van der Waals surface area contributed by atoms with Crippen molar-refractivity contribution < 1.29 is 4.74 Å². The molecule has 0 unspecified atom stereocenters. The minimum atomic E-state index is 0.146. The number of hydrogen-bond donors (Lipinski definition) is 1. The molecule has 2 aromatic rings. The molecule has 0 atom stereocenters. The number of rotatable bonds is 8. The molecule has 0 aliphatic rings. The van der Waals surface area contributed by atoms with E-state index in [1.165, 1.54) is 0 Å². The van der Waals surface area contributed by atoms with Gasteiger partial charge in [0.05, 0.1) is 0 Å². The van der Waals surface area contributed by atoms with Crippen LogP contribution in [0.3, 0.4) is 0 Å². The van der Waals surface area contributed by atoms with Gasteiger partial charge < -0.3 is 10.1 Å². The van der Waals surface area contributed by atoms with Crippen LogP contribution in [0.1, 0.15) is 20.3 Å². The fourth-order valence-corrected chi connectivity index (χ4v) is 1.76. The average Bonchev–Trinajstić information content (AvgIpc) is 2.96. The lowest BCUT2D eigenvalue weighted by Gasteiger charge is -2.08. The molecule has 0 aromatic carbocycles. The Morgan fingerprint density at radius 3 is 2.90 bits per heavy atom. The van der Waals surface area contributed by atoms with Gasteiger partial charge in [-0.05, 0) is 23.9 Å². The van der Waals surface area contributed by atoms with Crippen molar-refractivity contribution in [1.82, 2.24) is 24.5 Å². The monoisotopic (exact) mass is 310 g/mol. The van der Waals surface area contributed by atoms with Crippen molar-refractivity contribution in [3.63, 3.8) is 0 Å². The Morgan fingerprint density at radius 1 is 1.33 bits per heavy atom. The summed E-state index contributed by atoms with van der Waals surface area (Å²) in [6.45, 7) is 6.45. The highest BCUT2D eigenvalue weighted by Gasteiger charge is 2.06. The number of nitrogens with one attached hydrogen (secondary N) is 1. The van der Waals surface area contributed by atoms with Crippen LogP contribution in [0.2, 0.25) is 5.28 Å². The van der Waals surface area contributed by atoms with Gasteiger partial charge in [0, 0.05) is 32.2 Å². The summed E-state index contributed by atoms with van der Waals surface area (Å²) >= 11 is 5.90. The van der Waals surface area contributed by atoms with E-state index < -0.39 is 0 Å². The van der Waals surface area contributed by atoms with E-state index in [2.05, 4.69) is 39.1 Å². The summed E-state index contributed by atoms with van der Waals surface area (Å²) in [6.07, 6.45) is 5.87. The molecule has 0 aliphatic heterocycles. The van der Waals surface area contributed by atoms with Crippen molar-refractivity contribution in [1.29, 1.82) is 0 Å². The number of nitrogens with zero attached hydrogens (tertiary/aromatic N) is 5. The molecule has 114 valence electrons. The first-order valence-corrected chi connectivity index (χ1v) is 7.24. The molecule has 0 saturated carbocycles. The molecule has 0 aliphatic carbocycles. The van der Waals surface area contributed by atoms with E-state index >= 15 is 0 Å². The lowest BCUT2D eigenvalue weighted by molar-refractivity contribution is 0.110. The van der Waals surface area contributed by atoms with Crippen LogP contribution >= 0.6 is 11.6 Å². The van der Waals surface area contributed by atoms with Crippen LogP contribution < -0.4 is 5.32 Å². The van der Waals surface area contributed by atoms with E-state index in [4.69, 9.17) is 16.3 Å². The Bertz CT molecular complexity index is 546. The number of aromatic nitrogens is 5. The average molecular weight is 311 g/mol. The van der Waals surface area contributed by atoms with E-state index in [1.807, 2.05) is 0 Å². The van der Waals surface area contributed by atoms with Gasteiger partial charge in [0.1, 0.15) is 6.33 Å². The molecule has 2 aromatic heterocycles. The SMILES string of the molecule is CC(C)COCCCNc1nc(Cl)nc(-n2ccnc2)n1. The second kappa shape index (κ2) is 7.90. The first kappa shape index (κ1) is 15.7. The normalized spacial score (nSPS) is 11.0. The van der Waals surface area contributed by atoms with E-state index in [0.717, 1.165) is 13.0 Å². The highest BCUT2D eigenvalue weighted by atomic mass is 35.5. The molecule has 0 amide bonds. The standard InChI is InChI=1S/C13H19ClN6O/c1-10(2)8-21-7-3-4-16-12-17-11(14)18-13(19-12)20-6-5-15-9-20/h5-6,9-10H,3-4,7-8H2,1-2H3,(H,16,17,18,19). The fourth-order valence-electron chi connectivity index (χ4n) is 1.61. The van der Waals surface area contributed by atoms with Crippen molar-refractivity contribution in [2.75, 3.05) is 25.1 Å². The molecule has 8 heteroatoms. The molecule has 21 heavy (non-hydrogen) atoms. The quantitative estimate of drug-likeness (QED) is 0.753. The maximum Gasteiger partial charge on any atom is 0.241 e. The van der Waals surface area contributed by atoms with E-state index in [-0.39, 0.29) is 5.28 Å². The Balaban J connectivity index is 1.83. The number of hydrogen-bond acceptors (Lipinski definition) is 6. The third-order valence-electron chi connectivity index (χ3n) is 2.53. The molecule has 1 N–H and O–H groups in total. The van der Waals surface area contributed by atoms with Crippen molar-refractivity contribution in [3.8, 4) is 5.95 Å². The molecule has 7 nitrogen and oxygen atoms in total. The third kappa shape index (κ3) is 5.28. The highest BCUT2D eigenvalue weighted by molar-refractivity contribution is 6.28. The summed E-state index contributed by atoms with van der Waals surface area (Å²) in [7, 11) is 0. The summed E-state index contributed by atoms with van der Waals surface area (Å²) in [5, 5.41) is 3.26. The predicted octanol–water partition coefficient (Wildman–Crippen LogP) is 2.19. The topological polar surface area (TPSA) is 77.8 Å². The van der Waals surface area contributed by atoms with Crippen LogP contribution in [0, 0.1) is 5.92 Å². The number of ether oxygens (including phenoxy) is 1. The van der Waals surface area contributed by atoms with Crippen LogP contribution in [0.4, 0.5) is 5.95 Å². The van der Waals surface area contributed by atoms with Crippen molar-refractivity contribution in [2.45, 2.75) is 20.3 Å². The minimum Gasteiger partial charge on any atom is -0.381 e. The van der Waals surface area contributed by atoms with Crippen LogP contribution in [-0.2, 0) is 4.74 Å². The van der Waals surface area contributed by atoms with Gasteiger partial charge in [-0.2, -0.15) is 15.0 Å². The van der Waals surface area contributed by atoms with E-state index in [9.17, 15) is 0 Å². The third-order valence-corrected chi connectivity index (χ3v) is 2.70. The Labute approximate surface area is 128 Å². The van der Waals surface area contributed by atoms with Gasteiger partial charge in [0.25, 0.3) is 0 Å². The molecule has 0 saturated heterocycles. The summed E-state index contributed by atoms with van der Waals surface area (Å²) in [5.74, 6) is 1.44. The molecule has 0 spiro atoms. The Morgan fingerprint density at radius 2 is 2.19 bits per heavy atom. The van der Waals surface area contributed by atoms with Crippen molar-refractivity contribution in [3.05, 3.63) is 24.0 Å². The molecule has 2 rings (SSSR count). The van der Waals surface area contributed by atoms with E-state index in [0.29, 0.717) is 31.0 Å². The smallest absolute Gasteiger partial charge is 0.241 e. The number of halogens is 1. The first-order valence-electron chi connectivity index (χ1n) is 6.86. The molecule has 0 bridgehead atoms.